The molecule has 1 unspecified atom stereocenters. The summed E-state index contributed by atoms with van der Waals surface area (Å²) in [6.07, 6.45) is 4.79. The second kappa shape index (κ2) is 3.50. The molecule has 1 atom stereocenters. The zero-order valence-corrected chi connectivity index (χ0v) is 8.91. The van der Waals surface area contributed by atoms with Gasteiger partial charge < -0.3 is 5.73 Å². The minimum atomic E-state index is -0.136. The Morgan fingerprint density at radius 1 is 1.62 bits per heavy atom. The van der Waals surface area contributed by atoms with Gasteiger partial charge in [-0.25, -0.2) is 0 Å². The first-order valence-corrected chi connectivity index (χ1v) is 4.68. The van der Waals surface area contributed by atoms with E-state index in [0.717, 1.165) is 6.42 Å². The van der Waals surface area contributed by atoms with Crippen LogP contribution in [0.4, 0.5) is 0 Å². The highest BCUT2D eigenvalue weighted by Gasteiger charge is 2.23. The van der Waals surface area contributed by atoms with Crippen LogP contribution in [-0.4, -0.2) is 15.3 Å². The van der Waals surface area contributed by atoms with E-state index in [1.807, 2.05) is 24.1 Å². The first kappa shape index (κ1) is 10.3. The maximum atomic E-state index is 6.16. The average molecular weight is 181 g/mol. The van der Waals surface area contributed by atoms with Gasteiger partial charge in [0.2, 0.25) is 0 Å². The van der Waals surface area contributed by atoms with Gasteiger partial charge in [-0.05, 0) is 24.8 Å². The summed E-state index contributed by atoms with van der Waals surface area (Å²) in [7, 11) is 1.92. The van der Waals surface area contributed by atoms with Gasteiger partial charge in [-0.3, -0.25) is 4.68 Å². The normalized spacial score (nSPS) is 16.2. The van der Waals surface area contributed by atoms with Gasteiger partial charge in [-0.15, -0.1) is 0 Å². The first-order chi connectivity index (χ1) is 5.92. The molecule has 3 heteroatoms. The molecule has 13 heavy (non-hydrogen) atoms. The molecule has 3 nitrogen and oxygen atoms in total. The number of aryl methyl sites for hydroxylation is 1. The van der Waals surface area contributed by atoms with Gasteiger partial charge in [0, 0.05) is 18.8 Å². The Labute approximate surface area is 79.9 Å². The summed E-state index contributed by atoms with van der Waals surface area (Å²) in [4.78, 5) is 0. The Hall–Kier alpha value is -0.830. The molecule has 0 amide bonds. The number of hydrogen-bond donors (Lipinski definition) is 1. The highest BCUT2D eigenvalue weighted by molar-refractivity contribution is 5.09. The zero-order chi connectivity index (χ0) is 10.1. The Morgan fingerprint density at radius 2 is 2.23 bits per heavy atom. The predicted octanol–water partition coefficient (Wildman–Crippen LogP) is 1.34. The van der Waals surface area contributed by atoms with Crippen LogP contribution in [0.15, 0.2) is 12.4 Å². The maximum Gasteiger partial charge on any atom is 0.0522 e. The molecule has 2 N–H and O–H groups in total. The molecule has 0 aromatic carbocycles. The zero-order valence-electron chi connectivity index (χ0n) is 8.91. The van der Waals surface area contributed by atoms with Crippen molar-refractivity contribution in [2.24, 2.45) is 18.7 Å². The van der Waals surface area contributed by atoms with Gasteiger partial charge >= 0.3 is 0 Å². The van der Waals surface area contributed by atoms with Gasteiger partial charge in [-0.1, -0.05) is 13.8 Å². The average Bonchev–Trinajstić information content (AvgIpc) is 2.34. The van der Waals surface area contributed by atoms with Crippen LogP contribution >= 0.6 is 0 Å². The Bertz CT molecular complexity index is 273. The highest BCUT2D eigenvalue weighted by atomic mass is 15.2. The van der Waals surface area contributed by atoms with Crippen molar-refractivity contribution >= 4 is 0 Å². The summed E-state index contributed by atoms with van der Waals surface area (Å²) in [5.74, 6) is 0.479. The fourth-order valence-electron chi connectivity index (χ4n) is 1.21. The monoisotopic (exact) mass is 181 g/mol. The number of hydrogen-bond acceptors (Lipinski definition) is 2. The van der Waals surface area contributed by atoms with Crippen LogP contribution in [0.2, 0.25) is 0 Å². The van der Waals surface area contributed by atoms with E-state index in [0.29, 0.717) is 5.92 Å². The summed E-state index contributed by atoms with van der Waals surface area (Å²) in [6.45, 7) is 6.39. The molecule has 1 rings (SSSR count). The largest absolute Gasteiger partial charge is 0.325 e. The molecule has 0 radical (unpaired) electrons. The van der Waals surface area contributed by atoms with Crippen molar-refractivity contribution in [2.45, 2.75) is 32.7 Å². The second-order valence-corrected chi connectivity index (χ2v) is 4.36. The van der Waals surface area contributed by atoms with E-state index in [-0.39, 0.29) is 5.54 Å². The fraction of sp³-hybridized carbons (Fsp3) is 0.700. The summed E-state index contributed by atoms with van der Waals surface area (Å²) in [6, 6.07) is 0. The summed E-state index contributed by atoms with van der Waals surface area (Å²) in [5.41, 5.74) is 7.24. The van der Waals surface area contributed by atoms with E-state index in [1.54, 1.807) is 0 Å². The molecule has 0 aliphatic carbocycles. The van der Waals surface area contributed by atoms with Crippen LogP contribution in [0.1, 0.15) is 26.3 Å². The van der Waals surface area contributed by atoms with Gasteiger partial charge in [-0.2, -0.15) is 5.10 Å². The van der Waals surface area contributed by atoms with Crippen molar-refractivity contribution in [3.8, 4) is 0 Å². The molecule has 1 heterocycles. The standard InChI is InChI=1S/C10H19N3/c1-8(2)10(3,11)5-9-6-12-13(4)7-9/h6-8H,5,11H2,1-4H3. The number of nitrogens with two attached hydrogens (primary N) is 1. The lowest BCUT2D eigenvalue weighted by atomic mass is 9.84. The third-order valence-electron chi connectivity index (χ3n) is 2.66. The Morgan fingerprint density at radius 3 is 2.62 bits per heavy atom. The molecule has 0 spiro atoms. The summed E-state index contributed by atoms with van der Waals surface area (Å²) >= 11 is 0. The van der Waals surface area contributed by atoms with E-state index in [2.05, 4.69) is 25.9 Å². The molecule has 0 saturated carbocycles. The lowest BCUT2D eigenvalue weighted by Crippen LogP contribution is -2.43. The van der Waals surface area contributed by atoms with E-state index in [1.165, 1.54) is 5.56 Å². The van der Waals surface area contributed by atoms with Crippen LogP contribution in [0, 0.1) is 5.92 Å². The molecular formula is C10H19N3. The van der Waals surface area contributed by atoms with Crippen molar-refractivity contribution < 1.29 is 0 Å². The Balaban J connectivity index is 2.68. The van der Waals surface area contributed by atoms with Crippen molar-refractivity contribution in [1.29, 1.82) is 0 Å². The van der Waals surface area contributed by atoms with Crippen molar-refractivity contribution in [3.63, 3.8) is 0 Å². The van der Waals surface area contributed by atoms with Gasteiger partial charge in [0.15, 0.2) is 0 Å². The summed E-state index contributed by atoms with van der Waals surface area (Å²) < 4.78 is 1.81. The molecule has 0 fully saturated rings. The van der Waals surface area contributed by atoms with E-state index in [4.69, 9.17) is 5.73 Å². The molecule has 0 saturated heterocycles. The SMILES string of the molecule is CC(C)C(C)(N)Cc1cnn(C)c1. The smallest absolute Gasteiger partial charge is 0.0522 e. The number of aromatic nitrogens is 2. The number of rotatable bonds is 3. The maximum absolute atomic E-state index is 6.16. The summed E-state index contributed by atoms with van der Waals surface area (Å²) in [5, 5.41) is 4.12. The first-order valence-electron chi connectivity index (χ1n) is 4.68. The van der Waals surface area contributed by atoms with Crippen LogP contribution in [0.3, 0.4) is 0 Å². The molecule has 0 bridgehead atoms. The molecular weight excluding hydrogens is 162 g/mol. The third kappa shape index (κ3) is 2.56. The van der Waals surface area contributed by atoms with E-state index >= 15 is 0 Å². The lowest BCUT2D eigenvalue weighted by Gasteiger charge is -2.28. The minimum absolute atomic E-state index is 0.136. The molecule has 0 aliphatic heterocycles. The third-order valence-corrected chi connectivity index (χ3v) is 2.66. The number of nitrogens with zero attached hydrogens (tertiary/aromatic N) is 2. The van der Waals surface area contributed by atoms with Gasteiger partial charge in [0.1, 0.15) is 0 Å². The van der Waals surface area contributed by atoms with Gasteiger partial charge in [0.05, 0.1) is 6.20 Å². The minimum Gasteiger partial charge on any atom is -0.325 e. The fourth-order valence-corrected chi connectivity index (χ4v) is 1.21. The van der Waals surface area contributed by atoms with Crippen LogP contribution in [-0.2, 0) is 13.5 Å². The van der Waals surface area contributed by atoms with E-state index < -0.39 is 0 Å². The topological polar surface area (TPSA) is 43.8 Å². The van der Waals surface area contributed by atoms with E-state index in [9.17, 15) is 0 Å². The van der Waals surface area contributed by atoms with Crippen molar-refractivity contribution in [2.75, 3.05) is 0 Å². The second-order valence-electron chi connectivity index (χ2n) is 4.36. The quantitative estimate of drug-likeness (QED) is 0.764. The predicted molar refractivity (Wildman–Crippen MR) is 54.3 cm³/mol. The molecule has 74 valence electrons. The lowest BCUT2D eigenvalue weighted by molar-refractivity contribution is 0.338. The van der Waals surface area contributed by atoms with Crippen LogP contribution in [0.25, 0.3) is 0 Å². The van der Waals surface area contributed by atoms with Gasteiger partial charge in [0.25, 0.3) is 0 Å². The van der Waals surface area contributed by atoms with Crippen LogP contribution < -0.4 is 5.73 Å². The molecule has 1 aromatic heterocycles. The van der Waals surface area contributed by atoms with Crippen molar-refractivity contribution in [1.82, 2.24) is 9.78 Å². The highest BCUT2D eigenvalue weighted by Crippen LogP contribution is 2.18. The van der Waals surface area contributed by atoms with Crippen molar-refractivity contribution in [3.05, 3.63) is 18.0 Å². The molecule has 1 aromatic rings. The van der Waals surface area contributed by atoms with Crippen LogP contribution in [0.5, 0.6) is 0 Å². The Kier molecular flexibility index (Phi) is 2.76. The molecule has 0 aliphatic rings.